The van der Waals surface area contributed by atoms with Gasteiger partial charge in [-0.1, -0.05) is 26.7 Å². The van der Waals surface area contributed by atoms with Crippen LogP contribution >= 0.6 is 0 Å². The monoisotopic (exact) mass is 234 g/mol. The Morgan fingerprint density at radius 3 is 2.76 bits per heavy atom. The second kappa shape index (κ2) is 5.48. The number of hydrogen-bond donors (Lipinski definition) is 0. The van der Waals surface area contributed by atoms with Crippen molar-refractivity contribution in [1.29, 1.82) is 0 Å². The number of rotatable bonds is 4. The molecule has 1 aliphatic carbocycles. The minimum Gasteiger partial charge on any atom is -0.294 e. The van der Waals surface area contributed by atoms with Gasteiger partial charge in [0.25, 0.3) is 0 Å². The number of ketones is 1. The largest absolute Gasteiger partial charge is 0.294 e. The van der Waals surface area contributed by atoms with Gasteiger partial charge in [-0.05, 0) is 25.2 Å². The molecule has 0 N–H and O–H groups in total. The van der Waals surface area contributed by atoms with Crippen LogP contribution in [-0.4, -0.2) is 15.6 Å². The summed E-state index contributed by atoms with van der Waals surface area (Å²) in [5.74, 6) is 1.34. The summed E-state index contributed by atoms with van der Waals surface area (Å²) in [7, 11) is 0. The Labute approximate surface area is 103 Å². The highest BCUT2D eigenvalue weighted by atomic mass is 16.1. The van der Waals surface area contributed by atoms with E-state index in [1.54, 1.807) is 6.20 Å². The third kappa shape index (κ3) is 2.96. The molecule has 0 saturated heterocycles. The van der Waals surface area contributed by atoms with Crippen LogP contribution in [0.2, 0.25) is 0 Å². The van der Waals surface area contributed by atoms with E-state index < -0.39 is 0 Å². The Balaban J connectivity index is 1.98. The Hall–Kier alpha value is -1.12. The molecule has 1 aromatic rings. The van der Waals surface area contributed by atoms with E-state index in [9.17, 15) is 4.79 Å². The molecule has 0 amide bonds. The van der Waals surface area contributed by atoms with Crippen molar-refractivity contribution in [3.05, 3.63) is 18.0 Å². The van der Waals surface area contributed by atoms with Crippen molar-refractivity contribution in [2.75, 3.05) is 0 Å². The van der Waals surface area contributed by atoms with Crippen LogP contribution < -0.4 is 0 Å². The zero-order valence-corrected chi connectivity index (χ0v) is 10.9. The van der Waals surface area contributed by atoms with Crippen molar-refractivity contribution < 1.29 is 4.79 Å². The lowest BCUT2D eigenvalue weighted by molar-refractivity contribution is 0.0875. The van der Waals surface area contributed by atoms with Crippen LogP contribution in [0.1, 0.15) is 56.3 Å². The molecule has 3 heteroatoms. The van der Waals surface area contributed by atoms with Crippen LogP contribution in [0.3, 0.4) is 0 Å². The van der Waals surface area contributed by atoms with E-state index in [0.29, 0.717) is 5.78 Å². The fourth-order valence-corrected chi connectivity index (χ4v) is 2.60. The lowest BCUT2D eigenvalue weighted by Crippen LogP contribution is -2.20. The third-order valence-electron chi connectivity index (χ3n) is 3.76. The summed E-state index contributed by atoms with van der Waals surface area (Å²) in [4.78, 5) is 12.3. The molecule has 94 valence electrons. The number of carbonyl (C=O) groups excluding carboxylic acids is 1. The van der Waals surface area contributed by atoms with Crippen molar-refractivity contribution in [3.63, 3.8) is 0 Å². The topological polar surface area (TPSA) is 34.9 Å². The average molecular weight is 234 g/mol. The van der Waals surface area contributed by atoms with Crippen LogP contribution in [-0.2, 0) is 6.54 Å². The Bertz CT molecular complexity index is 375. The van der Waals surface area contributed by atoms with E-state index in [4.69, 9.17) is 0 Å². The van der Waals surface area contributed by atoms with Crippen LogP contribution in [0.25, 0.3) is 0 Å². The predicted molar refractivity (Wildman–Crippen MR) is 68.0 cm³/mol. The van der Waals surface area contributed by atoms with Gasteiger partial charge in [0.1, 0.15) is 0 Å². The number of aryl methyl sites for hydroxylation is 1. The van der Waals surface area contributed by atoms with Crippen LogP contribution in [0.15, 0.2) is 12.4 Å². The molecule has 0 radical (unpaired) electrons. The number of carbonyl (C=O) groups is 1. The summed E-state index contributed by atoms with van der Waals surface area (Å²) in [5, 5.41) is 4.23. The molecule has 0 aromatic carbocycles. The SMILES string of the molecule is CCCn1cc(C(=O)C2CCC(C)CC2)cn1. The minimum absolute atomic E-state index is 0.241. The predicted octanol–water partition coefficient (Wildman–Crippen LogP) is 3.30. The maximum Gasteiger partial charge on any atom is 0.169 e. The minimum atomic E-state index is 0.241. The number of Topliss-reactive ketones (excluding diaryl/α,β-unsaturated/α-hetero) is 1. The standard InChI is InChI=1S/C14H22N2O/c1-3-8-16-10-13(9-15-16)14(17)12-6-4-11(2)5-7-12/h9-12H,3-8H2,1-2H3. The molecule has 1 heterocycles. The van der Waals surface area contributed by atoms with E-state index in [1.807, 2.05) is 10.9 Å². The summed E-state index contributed by atoms with van der Waals surface area (Å²) in [6, 6.07) is 0. The normalized spacial score (nSPS) is 24.8. The van der Waals surface area contributed by atoms with Crippen molar-refractivity contribution in [2.45, 2.75) is 52.5 Å². The van der Waals surface area contributed by atoms with E-state index in [1.165, 1.54) is 12.8 Å². The van der Waals surface area contributed by atoms with Gasteiger partial charge in [-0.2, -0.15) is 5.10 Å². The van der Waals surface area contributed by atoms with Crippen molar-refractivity contribution in [1.82, 2.24) is 9.78 Å². The molecule has 3 nitrogen and oxygen atoms in total. The van der Waals surface area contributed by atoms with Gasteiger partial charge in [0.05, 0.1) is 11.8 Å². The van der Waals surface area contributed by atoms with Crippen LogP contribution in [0, 0.1) is 11.8 Å². The van der Waals surface area contributed by atoms with E-state index in [-0.39, 0.29) is 5.92 Å². The summed E-state index contributed by atoms with van der Waals surface area (Å²) in [5.41, 5.74) is 0.804. The molecule has 0 unspecified atom stereocenters. The van der Waals surface area contributed by atoms with Crippen molar-refractivity contribution in [2.24, 2.45) is 11.8 Å². The van der Waals surface area contributed by atoms with Gasteiger partial charge in [0, 0.05) is 18.7 Å². The highest BCUT2D eigenvalue weighted by Gasteiger charge is 2.25. The van der Waals surface area contributed by atoms with Gasteiger partial charge in [-0.3, -0.25) is 9.48 Å². The summed E-state index contributed by atoms with van der Waals surface area (Å²) >= 11 is 0. The molecule has 0 atom stereocenters. The number of nitrogens with zero attached hydrogens (tertiary/aromatic N) is 2. The van der Waals surface area contributed by atoms with Gasteiger partial charge >= 0.3 is 0 Å². The quantitative estimate of drug-likeness (QED) is 0.749. The molecule has 1 aromatic heterocycles. The molecular weight excluding hydrogens is 212 g/mol. The highest BCUT2D eigenvalue weighted by molar-refractivity contribution is 5.97. The summed E-state index contributed by atoms with van der Waals surface area (Å²) in [6.45, 7) is 5.29. The van der Waals surface area contributed by atoms with Gasteiger partial charge in [0.2, 0.25) is 0 Å². The molecule has 2 rings (SSSR count). The number of hydrogen-bond acceptors (Lipinski definition) is 2. The lowest BCUT2D eigenvalue weighted by atomic mass is 9.80. The van der Waals surface area contributed by atoms with Crippen molar-refractivity contribution in [3.8, 4) is 0 Å². The highest BCUT2D eigenvalue weighted by Crippen LogP contribution is 2.30. The fourth-order valence-electron chi connectivity index (χ4n) is 2.60. The summed E-state index contributed by atoms with van der Waals surface area (Å²) < 4.78 is 1.87. The first-order valence-electron chi connectivity index (χ1n) is 6.77. The Kier molecular flexibility index (Phi) is 3.97. The second-order valence-electron chi connectivity index (χ2n) is 5.31. The van der Waals surface area contributed by atoms with Gasteiger partial charge in [-0.25, -0.2) is 0 Å². The second-order valence-corrected chi connectivity index (χ2v) is 5.31. The molecular formula is C14H22N2O. The van der Waals surface area contributed by atoms with E-state index >= 15 is 0 Å². The van der Waals surface area contributed by atoms with Crippen LogP contribution in [0.4, 0.5) is 0 Å². The zero-order valence-electron chi connectivity index (χ0n) is 10.9. The van der Waals surface area contributed by atoms with Crippen LogP contribution in [0.5, 0.6) is 0 Å². The first kappa shape index (κ1) is 12.3. The number of aromatic nitrogens is 2. The molecule has 1 fully saturated rings. The molecule has 0 bridgehead atoms. The molecule has 1 saturated carbocycles. The average Bonchev–Trinajstić information content (AvgIpc) is 2.78. The first-order chi connectivity index (χ1) is 8.20. The first-order valence-corrected chi connectivity index (χ1v) is 6.77. The van der Waals surface area contributed by atoms with Crippen molar-refractivity contribution >= 4 is 5.78 Å². The molecule has 0 spiro atoms. The van der Waals surface area contributed by atoms with Gasteiger partial charge in [0.15, 0.2) is 5.78 Å². The van der Waals surface area contributed by atoms with E-state index in [0.717, 1.165) is 37.3 Å². The molecule has 17 heavy (non-hydrogen) atoms. The van der Waals surface area contributed by atoms with Gasteiger partial charge < -0.3 is 0 Å². The Morgan fingerprint density at radius 1 is 1.41 bits per heavy atom. The maximum atomic E-state index is 12.3. The zero-order chi connectivity index (χ0) is 12.3. The molecule has 0 aliphatic heterocycles. The summed E-state index contributed by atoms with van der Waals surface area (Å²) in [6.07, 6.45) is 9.19. The third-order valence-corrected chi connectivity index (χ3v) is 3.76. The molecule has 1 aliphatic rings. The van der Waals surface area contributed by atoms with E-state index in [2.05, 4.69) is 18.9 Å². The smallest absolute Gasteiger partial charge is 0.169 e. The van der Waals surface area contributed by atoms with Gasteiger partial charge in [-0.15, -0.1) is 0 Å². The maximum absolute atomic E-state index is 12.3. The fraction of sp³-hybridized carbons (Fsp3) is 0.714. The Morgan fingerprint density at radius 2 is 2.12 bits per heavy atom. The lowest BCUT2D eigenvalue weighted by Gasteiger charge is -2.24.